The molecule has 21 heavy (non-hydrogen) atoms. The smallest absolute Gasteiger partial charge is 0.131 e. The van der Waals surface area contributed by atoms with E-state index in [-0.39, 0.29) is 11.9 Å². The van der Waals surface area contributed by atoms with Crippen molar-refractivity contribution in [2.75, 3.05) is 5.32 Å². The number of aromatic nitrogens is 2. The second-order valence-electron chi connectivity index (χ2n) is 5.01. The Morgan fingerprint density at radius 1 is 1.24 bits per heavy atom. The van der Waals surface area contributed by atoms with Crippen molar-refractivity contribution in [1.29, 1.82) is 0 Å². The molecule has 0 aliphatic rings. The molecule has 3 aromatic rings. The molecule has 2 aromatic carbocycles. The number of para-hydroxylation sites is 2. The number of imidazole rings is 1. The Morgan fingerprint density at radius 2 is 2.00 bits per heavy atom. The Morgan fingerprint density at radius 3 is 2.76 bits per heavy atom. The highest BCUT2D eigenvalue weighted by molar-refractivity contribution is 9.10. The van der Waals surface area contributed by atoms with Crippen molar-refractivity contribution < 1.29 is 4.39 Å². The first kappa shape index (κ1) is 14.1. The standard InChI is InChI=1S/C16H15BrFN3/c1-10(19-14-9-11(18)7-8-12(14)17)16-20-13-5-3-4-6-15(13)21(16)2/h3-10,19H,1-2H3. The van der Waals surface area contributed by atoms with Crippen molar-refractivity contribution in [1.82, 2.24) is 9.55 Å². The summed E-state index contributed by atoms with van der Waals surface area (Å²) < 4.78 is 16.2. The van der Waals surface area contributed by atoms with Crippen LogP contribution in [-0.4, -0.2) is 9.55 Å². The van der Waals surface area contributed by atoms with Gasteiger partial charge in [-0.3, -0.25) is 0 Å². The Balaban J connectivity index is 1.95. The predicted octanol–water partition coefficient (Wildman–Crippen LogP) is 4.65. The molecule has 0 fully saturated rings. The van der Waals surface area contributed by atoms with E-state index in [4.69, 9.17) is 0 Å². The van der Waals surface area contributed by atoms with Gasteiger partial charge < -0.3 is 9.88 Å². The van der Waals surface area contributed by atoms with Crippen LogP contribution in [-0.2, 0) is 7.05 Å². The molecule has 0 aliphatic heterocycles. The molecule has 0 aliphatic carbocycles. The van der Waals surface area contributed by atoms with Crippen LogP contribution in [0.25, 0.3) is 11.0 Å². The van der Waals surface area contributed by atoms with Crippen molar-refractivity contribution in [3.8, 4) is 0 Å². The Hall–Kier alpha value is -1.88. The monoisotopic (exact) mass is 347 g/mol. The highest BCUT2D eigenvalue weighted by atomic mass is 79.9. The average molecular weight is 348 g/mol. The normalized spacial score (nSPS) is 12.6. The van der Waals surface area contributed by atoms with Gasteiger partial charge in [0.25, 0.3) is 0 Å². The third kappa shape index (κ3) is 2.65. The highest BCUT2D eigenvalue weighted by Crippen LogP contribution is 2.28. The molecule has 0 amide bonds. The van der Waals surface area contributed by atoms with Crippen LogP contribution in [0.1, 0.15) is 18.8 Å². The Bertz CT molecular complexity index is 797. The summed E-state index contributed by atoms with van der Waals surface area (Å²) in [6.45, 7) is 2.01. The topological polar surface area (TPSA) is 29.9 Å². The minimum absolute atomic E-state index is 0.0412. The van der Waals surface area contributed by atoms with Gasteiger partial charge in [0.1, 0.15) is 11.6 Å². The zero-order valence-corrected chi connectivity index (χ0v) is 13.4. The van der Waals surface area contributed by atoms with Crippen LogP contribution in [0.2, 0.25) is 0 Å². The SMILES string of the molecule is CC(Nc1cc(F)ccc1Br)c1nc2ccccc2n1C. The molecule has 1 N–H and O–H groups in total. The Labute approximate surface area is 130 Å². The number of nitrogens with one attached hydrogen (secondary N) is 1. The van der Waals surface area contributed by atoms with Crippen LogP contribution in [0.4, 0.5) is 10.1 Å². The van der Waals surface area contributed by atoms with Crippen LogP contribution in [0.15, 0.2) is 46.9 Å². The second kappa shape index (κ2) is 5.48. The summed E-state index contributed by atoms with van der Waals surface area (Å²) in [5, 5.41) is 3.30. The molecule has 3 rings (SSSR count). The molecule has 0 bridgehead atoms. The first-order valence-corrected chi connectivity index (χ1v) is 7.48. The molecule has 0 radical (unpaired) electrons. The lowest BCUT2D eigenvalue weighted by Gasteiger charge is -2.16. The van der Waals surface area contributed by atoms with E-state index in [1.807, 2.05) is 38.2 Å². The molecule has 0 spiro atoms. The van der Waals surface area contributed by atoms with Crippen molar-refractivity contribution in [2.45, 2.75) is 13.0 Å². The molecule has 1 unspecified atom stereocenters. The third-order valence-corrected chi connectivity index (χ3v) is 4.20. The van der Waals surface area contributed by atoms with Crippen LogP contribution in [0.5, 0.6) is 0 Å². The van der Waals surface area contributed by atoms with E-state index in [0.29, 0.717) is 0 Å². The molecule has 1 heterocycles. The van der Waals surface area contributed by atoms with Gasteiger partial charge in [-0.05, 0) is 53.2 Å². The third-order valence-electron chi connectivity index (χ3n) is 3.51. The maximum absolute atomic E-state index is 13.4. The van der Waals surface area contributed by atoms with Crippen LogP contribution in [0.3, 0.4) is 0 Å². The van der Waals surface area contributed by atoms with Gasteiger partial charge >= 0.3 is 0 Å². The van der Waals surface area contributed by atoms with E-state index in [1.54, 1.807) is 6.07 Å². The van der Waals surface area contributed by atoms with E-state index in [1.165, 1.54) is 12.1 Å². The number of rotatable bonds is 3. The summed E-state index contributed by atoms with van der Waals surface area (Å²) in [6.07, 6.45) is 0. The number of nitrogens with zero attached hydrogens (tertiary/aromatic N) is 2. The summed E-state index contributed by atoms with van der Waals surface area (Å²) >= 11 is 3.43. The summed E-state index contributed by atoms with van der Waals surface area (Å²) in [5.74, 6) is 0.644. The number of hydrogen-bond acceptors (Lipinski definition) is 2. The first-order valence-electron chi connectivity index (χ1n) is 6.69. The molecule has 3 nitrogen and oxygen atoms in total. The largest absolute Gasteiger partial charge is 0.374 e. The molecular weight excluding hydrogens is 333 g/mol. The van der Waals surface area contributed by atoms with Crippen LogP contribution in [0, 0.1) is 5.82 Å². The fourth-order valence-electron chi connectivity index (χ4n) is 2.46. The van der Waals surface area contributed by atoms with Gasteiger partial charge in [-0.2, -0.15) is 0 Å². The van der Waals surface area contributed by atoms with Crippen molar-refractivity contribution >= 4 is 32.7 Å². The first-order chi connectivity index (χ1) is 10.1. The van der Waals surface area contributed by atoms with Crippen LogP contribution < -0.4 is 5.32 Å². The van der Waals surface area contributed by atoms with E-state index >= 15 is 0 Å². The molecule has 5 heteroatoms. The molecule has 1 aromatic heterocycles. The lowest BCUT2D eigenvalue weighted by molar-refractivity contribution is 0.627. The molecule has 0 saturated heterocycles. The molecule has 108 valence electrons. The molecular formula is C16H15BrFN3. The maximum atomic E-state index is 13.4. The number of aryl methyl sites for hydroxylation is 1. The highest BCUT2D eigenvalue weighted by Gasteiger charge is 2.15. The van der Waals surface area contributed by atoms with Gasteiger partial charge in [-0.25, -0.2) is 9.37 Å². The number of anilines is 1. The van der Waals surface area contributed by atoms with Gasteiger partial charge in [0.15, 0.2) is 0 Å². The van der Waals surface area contributed by atoms with Crippen molar-refractivity contribution in [3.05, 3.63) is 58.6 Å². The summed E-state index contributed by atoms with van der Waals surface area (Å²) in [7, 11) is 1.99. The van der Waals surface area contributed by atoms with Gasteiger partial charge in [0.05, 0.1) is 22.8 Å². The molecule has 0 saturated carbocycles. The zero-order chi connectivity index (χ0) is 15.0. The van der Waals surface area contributed by atoms with E-state index in [9.17, 15) is 4.39 Å². The fraction of sp³-hybridized carbons (Fsp3) is 0.188. The predicted molar refractivity (Wildman–Crippen MR) is 86.9 cm³/mol. The lowest BCUT2D eigenvalue weighted by atomic mass is 10.2. The number of fused-ring (bicyclic) bond motifs is 1. The minimum atomic E-state index is -0.266. The number of benzene rings is 2. The summed E-state index contributed by atoms with van der Waals surface area (Å²) in [5.41, 5.74) is 2.76. The van der Waals surface area contributed by atoms with E-state index < -0.39 is 0 Å². The summed E-state index contributed by atoms with van der Waals surface area (Å²) in [6, 6.07) is 12.5. The van der Waals surface area contributed by atoms with Gasteiger partial charge in [-0.15, -0.1) is 0 Å². The van der Waals surface area contributed by atoms with E-state index in [2.05, 4.69) is 30.8 Å². The number of halogens is 2. The fourth-order valence-corrected chi connectivity index (χ4v) is 2.82. The lowest BCUT2D eigenvalue weighted by Crippen LogP contribution is -2.12. The van der Waals surface area contributed by atoms with Gasteiger partial charge in [0, 0.05) is 11.5 Å². The Kier molecular flexibility index (Phi) is 3.68. The van der Waals surface area contributed by atoms with Gasteiger partial charge in [-0.1, -0.05) is 12.1 Å². The van der Waals surface area contributed by atoms with E-state index in [0.717, 1.165) is 27.0 Å². The minimum Gasteiger partial charge on any atom is -0.374 e. The molecule has 1 atom stereocenters. The summed E-state index contributed by atoms with van der Waals surface area (Å²) in [4.78, 5) is 4.65. The number of hydrogen-bond donors (Lipinski definition) is 1. The van der Waals surface area contributed by atoms with Crippen molar-refractivity contribution in [3.63, 3.8) is 0 Å². The van der Waals surface area contributed by atoms with Crippen LogP contribution >= 0.6 is 15.9 Å². The van der Waals surface area contributed by atoms with Crippen molar-refractivity contribution in [2.24, 2.45) is 7.05 Å². The average Bonchev–Trinajstić information content (AvgIpc) is 2.81. The zero-order valence-electron chi connectivity index (χ0n) is 11.8. The second-order valence-corrected chi connectivity index (χ2v) is 5.86. The quantitative estimate of drug-likeness (QED) is 0.747. The maximum Gasteiger partial charge on any atom is 0.131 e. The van der Waals surface area contributed by atoms with Gasteiger partial charge in [0.2, 0.25) is 0 Å².